The first-order valence-corrected chi connectivity index (χ1v) is 6.69. The van der Waals surface area contributed by atoms with Gasteiger partial charge in [-0.1, -0.05) is 32.0 Å². The highest BCUT2D eigenvalue weighted by atomic mass is 16.3. The Morgan fingerprint density at radius 2 is 1.63 bits per heavy atom. The number of fused-ring (bicyclic) bond motifs is 1. The Hall–Kier alpha value is -1.96. The summed E-state index contributed by atoms with van der Waals surface area (Å²) in [7, 11) is 0. The van der Waals surface area contributed by atoms with Gasteiger partial charge in [-0.05, 0) is 42.8 Å². The highest BCUT2D eigenvalue weighted by Crippen LogP contribution is 2.48. The summed E-state index contributed by atoms with van der Waals surface area (Å²) in [5.41, 5.74) is 3.90. The number of nitrogens with zero attached hydrogens (tertiary/aromatic N) is 1. The number of anilines is 2. The predicted octanol–water partition coefficient (Wildman–Crippen LogP) is 4.21. The van der Waals surface area contributed by atoms with E-state index in [1.54, 1.807) is 12.1 Å². The standard InChI is InChI=1S/C17H19NO/c1-12-17(2,3)15-6-4-5-7-16(15)18(12)13-8-10-14(19)11-9-13/h4-12,19H,1-3H3. The topological polar surface area (TPSA) is 23.5 Å². The highest BCUT2D eigenvalue weighted by Gasteiger charge is 2.42. The molecule has 0 aliphatic carbocycles. The van der Waals surface area contributed by atoms with E-state index in [9.17, 15) is 5.11 Å². The molecule has 0 bridgehead atoms. The van der Waals surface area contributed by atoms with E-state index in [4.69, 9.17) is 0 Å². The average Bonchev–Trinajstić information content (AvgIpc) is 2.60. The largest absolute Gasteiger partial charge is 0.508 e. The number of benzene rings is 2. The molecule has 1 aliphatic rings. The Labute approximate surface area is 114 Å². The van der Waals surface area contributed by atoms with Crippen molar-refractivity contribution in [2.75, 3.05) is 4.90 Å². The van der Waals surface area contributed by atoms with Crippen molar-refractivity contribution < 1.29 is 5.11 Å². The van der Waals surface area contributed by atoms with Crippen LogP contribution in [0, 0.1) is 0 Å². The quantitative estimate of drug-likeness (QED) is 0.823. The first-order valence-electron chi connectivity index (χ1n) is 6.69. The maximum atomic E-state index is 9.44. The Kier molecular flexibility index (Phi) is 2.56. The third kappa shape index (κ3) is 1.71. The maximum Gasteiger partial charge on any atom is 0.115 e. The van der Waals surface area contributed by atoms with E-state index in [1.807, 2.05) is 12.1 Å². The van der Waals surface area contributed by atoms with Crippen molar-refractivity contribution in [3.8, 4) is 5.75 Å². The van der Waals surface area contributed by atoms with Crippen molar-refractivity contribution >= 4 is 11.4 Å². The van der Waals surface area contributed by atoms with Crippen LogP contribution in [0.3, 0.4) is 0 Å². The normalized spacial score (nSPS) is 20.4. The first-order chi connectivity index (χ1) is 9.01. The molecule has 0 amide bonds. The number of phenols is 1. The summed E-state index contributed by atoms with van der Waals surface area (Å²) in [6.07, 6.45) is 0. The summed E-state index contributed by atoms with van der Waals surface area (Å²) >= 11 is 0. The zero-order valence-corrected chi connectivity index (χ0v) is 11.6. The van der Waals surface area contributed by atoms with E-state index in [1.165, 1.54) is 11.3 Å². The van der Waals surface area contributed by atoms with Gasteiger partial charge in [0.15, 0.2) is 0 Å². The molecule has 1 aliphatic heterocycles. The van der Waals surface area contributed by atoms with Gasteiger partial charge in [0.25, 0.3) is 0 Å². The van der Waals surface area contributed by atoms with Gasteiger partial charge in [0, 0.05) is 22.8 Å². The van der Waals surface area contributed by atoms with Gasteiger partial charge in [0.05, 0.1) is 0 Å². The Morgan fingerprint density at radius 1 is 1.00 bits per heavy atom. The van der Waals surface area contributed by atoms with Gasteiger partial charge >= 0.3 is 0 Å². The molecule has 0 aromatic heterocycles. The van der Waals surface area contributed by atoms with Crippen molar-refractivity contribution in [1.29, 1.82) is 0 Å². The molecule has 0 spiro atoms. The number of rotatable bonds is 1. The molecule has 2 aromatic rings. The van der Waals surface area contributed by atoms with E-state index in [0.717, 1.165) is 5.69 Å². The molecule has 2 aromatic carbocycles. The summed E-state index contributed by atoms with van der Waals surface area (Å²) in [6.45, 7) is 6.83. The van der Waals surface area contributed by atoms with Gasteiger partial charge in [-0.25, -0.2) is 0 Å². The van der Waals surface area contributed by atoms with Crippen LogP contribution in [0.1, 0.15) is 26.3 Å². The highest BCUT2D eigenvalue weighted by molar-refractivity contribution is 5.74. The lowest BCUT2D eigenvalue weighted by Crippen LogP contribution is -2.36. The summed E-state index contributed by atoms with van der Waals surface area (Å²) in [5.74, 6) is 0.308. The number of hydrogen-bond acceptors (Lipinski definition) is 2. The summed E-state index contributed by atoms with van der Waals surface area (Å²) < 4.78 is 0. The molecule has 1 heterocycles. The Morgan fingerprint density at radius 3 is 2.32 bits per heavy atom. The number of hydrogen-bond donors (Lipinski definition) is 1. The number of aromatic hydroxyl groups is 1. The van der Waals surface area contributed by atoms with Gasteiger partial charge in [0.2, 0.25) is 0 Å². The van der Waals surface area contributed by atoms with Crippen LogP contribution in [0.25, 0.3) is 0 Å². The maximum absolute atomic E-state index is 9.44. The van der Waals surface area contributed by atoms with Crippen LogP contribution in [0.15, 0.2) is 48.5 Å². The van der Waals surface area contributed by atoms with Crippen molar-refractivity contribution in [2.24, 2.45) is 0 Å². The summed E-state index contributed by atoms with van der Waals surface area (Å²) in [6, 6.07) is 16.4. The second kappa shape index (κ2) is 4.02. The van der Waals surface area contributed by atoms with Gasteiger partial charge in [-0.2, -0.15) is 0 Å². The second-order valence-corrected chi connectivity index (χ2v) is 5.80. The van der Waals surface area contributed by atoms with Crippen LogP contribution in [0.5, 0.6) is 5.75 Å². The minimum atomic E-state index is 0.120. The van der Waals surface area contributed by atoms with Gasteiger partial charge in [0.1, 0.15) is 5.75 Å². The van der Waals surface area contributed by atoms with E-state index >= 15 is 0 Å². The second-order valence-electron chi connectivity index (χ2n) is 5.80. The third-order valence-electron chi connectivity index (χ3n) is 4.42. The molecule has 2 heteroatoms. The van der Waals surface area contributed by atoms with Crippen molar-refractivity contribution in [3.05, 3.63) is 54.1 Å². The SMILES string of the molecule is CC1N(c2ccc(O)cc2)c2ccccc2C1(C)C. The molecule has 2 nitrogen and oxygen atoms in total. The van der Waals surface area contributed by atoms with Crippen LogP contribution < -0.4 is 4.90 Å². The van der Waals surface area contributed by atoms with Crippen molar-refractivity contribution in [3.63, 3.8) is 0 Å². The molecule has 19 heavy (non-hydrogen) atoms. The van der Waals surface area contributed by atoms with Crippen LogP contribution >= 0.6 is 0 Å². The fourth-order valence-corrected chi connectivity index (χ4v) is 2.96. The average molecular weight is 253 g/mol. The number of phenolic OH excluding ortho intramolecular Hbond substituents is 1. The molecular formula is C17H19NO. The molecule has 0 saturated carbocycles. The van der Waals surface area contributed by atoms with Crippen LogP contribution in [0.4, 0.5) is 11.4 Å². The van der Waals surface area contributed by atoms with E-state index in [0.29, 0.717) is 11.8 Å². The number of para-hydroxylation sites is 1. The molecule has 0 saturated heterocycles. The monoisotopic (exact) mass is 253 g/mol. The molecular weight excluding hydrogens is 234 g/mol. The lowest BCUT2D eigenvalue weighted by molar-refractivity contribution is 0.461. The van der Waals surface area contributed by atoms with Crippen LogP contribution in [-0.2, 0) is 5.41 Å². The van der Waals surface area contributed by atoms with E-state index < -0.39 is 0 Å². The van der Waals surface area contributed by atoms with Crippen molar-refractivity contribution in [1.82, 2.24) is 0 Å². The molecule has 1 unspecified atom stereocenters. The molecule has 0 fully saturated rings. The fourth-order valence-electron chi connectivity index (χ4n) is 2.96. The van der Waals surface area contributed by atoms with Crippen molar-refractivity contribution in [2.45, 2.75) is 32.2 Å². The van der Waals surface area contributed by atoms with Crippen LogP contribution in [0.2, 0.25) is 0 Å². The van der Waals surface area contributed by atoms with E-state index in [-0.39, 0.29) is 5.41 Å². The van der Waals surface area contributed by atoms with Gasteiger partial charge < -0.3 is 10.0 Å². The third-order valence-corrected chi connectivity index (χ3v) is 4.42. The molecule has 1 atom stereocenters. The first kappa shape index (κ1) is 12.1. The van der Waals surface area contributed by atoms with Crippen LogP contribution in [-0.4, -0.2) is 11.1 Å². The fraction of sp³-hybridized carbons (Fsp3) is 0.294. The Bertz CT molecular complexity index is 601. The van der Waals surface area contributed by atoms with Gasteiger partial charge in [-0.15, -0.1) is 0 Å². The Balaban J connectivity index is 2.15. The summed E-state index contributed by atoms with van der Waals surface area (Å²) in [5, 5.41) is 9.44. The zero-order valence-electron chi connectivity index (χ0n) is 11.6. The lowest BCUT2D eigenvalue weighted by atomic mass is 9.81. The minimum Gasteiger partial charge on any atom is -0.508 e. The minimum absolute atomic E-state index is 0.120. The van der Waals surface area contributed by atoms with Gasteiger partial charge in [-0.3, -0.25) is 0 Å². The zero-order chi connectivity index (χ0) is 13.6. The lowest BCUT2D eigenvalue weighted by Gasteiger charge is -2.31. The van der Waals surface area contributed by atoms with E-state index in [2.05, 4.69) is 49.9 Å². The molecule has 3 rings (SSSR count). The molecule has 1 N–H and O–H groups in total. The summed E-state index contributed by atoms with van der Waals surface area (Å²) in [4.78, 5) is 2.36. The molecule has 0 radical (unpaired) electrons. The molecule has 98 valence electrons. The smallest absolute Gasteiger partial charge is 0.115 e. The predicted molar refractivity (Wildman–Crippen MR) is 79.2 cm³/mol.